The summed E-state index contributed by atoms with van der Waals surface area (Å²) in [6, 6.07) is 30.0. The van der Waals surface area contributed by atoms with Crippen LogP contribution >= 0.6 is 0 Å². The lowest BCUT2D eigenvalue weighted by Gasteiger charge is -2.27. The van der Waals surface area contributed by atoms with E-state index >= 15 is 0 Å². The molecule has 9 nitrogen and oxygen atoms in total. The summed E-state index contributed by atoms with van der Waals surface area (Å²) in [6.07, 6.45) is 1.33. The molecule has 1 heterocycles. The van der Waals surface area contributed by atoms with E-state index in [1.54, 1.807) is 50.1 Å². The van der Waals surface area contributed by atoms with Crippen LogP contribution in [0.1, 0.15) is 37.8 Å². The van der Waals surface area contributed by atoms with Gasteiger partial charge in [0, 0.05) is 35.9 Å². The van der Waals surface area contributed by atoms with Crippen LogP contribution in [0.15, 0.2) is 97.1 Å². The maximum Gasteiger partial charge on any atom is 0.318 e. The molecule has 4 aromatic carbocycles. The Kier molecular flexibility index (Phi) is 9.49. The minimum Gasteiger partial charge on any atom is -0.457 e. The zero-order valence-corrected chi connectivity index (χ0v) is 25.8. The van der Waals surface area contributed by atoms with Crippen molar-refractivity contribution in [1.29, 1.82) is 0 Å². The van der Waals surface area contributed by atoms with Crippen molar-refractivity contribution in [3.63, 3.8) is 0 Å². The molecule has 5 N–H and O–H groups in total. The second-order valence-corrected chi connectivity index (χ2v) is 11.9. The van der Waals surface area contributed by atoms with Gasteiger partial charge < -0.3 is 31.3 Å². The van der Waals surface area contributed by atoms with Gasteiger partial charge in [0.25, 0.3) is 0 Å². The van der Waals surface area contributed by atoms with Gasteiger partial charge in [0.1, 0.15) is 17.5 Å². The molecule has 0 saturated heterocycles. The molecule has 4 aromatic rings. The molecule has 0 aromatic heterocycles. The van der Waals surface area contributed by atoms with E-state index in [2.05, 4.69) is 16.0 Å². The highest BCUT2D eigenvalue weighted by molar-refractivity contribution is 6.00. The minimum atomic E-state index is -0.665. The van der Waals surface area contributed by atoms with Crippen molar-refractivity contribution in [3.05, 3.63) is 108 Å². The average Bonchev–Trinajstić information content (AvgIpc) is 3.14. The molecule has 0 fully saturated rings. The van der Waals surface area contributed by atoms with Gasteiger partial charge in [-0.2, -0.15) is 0 Å². The van der Waals surface area contributed by atoms with Gasteiger partial charge in [-0.3, -0.25) is 9.59 Å². The van der Waals surface area contributed by atoms with Crippen LogP contribution in [0.4, 0.5) is 16.2 Å². The van der Waals surface area contributed by atoms with Crippen LogP contribution in [-0.2, 0) is 22.6 Å². The van der Waals surface area contributed by atoms with Gasteiger partial charge in [0.15, 0.2) is 0 Å². The lowest BCUT2D eigenvalue weighted by molar-refractivity contribution is -0.128. The highest BCUT2D eigenvalue weighted by atomic mass is 16.5. The molecule has 232 valence electrons. The predicted octanol–water partition coefficient (Wildman–Crippen LogP) is 5.99. The third-order valence-corrected chi connectivity index (χ3v) is 7.56. The molecule has 0 bridgehead atoms. The molecular weight excluding hydrogens is 566 g/mol. The Morgan fingerprint density at radius 2 is 1.62 bits per heavy atom. The summed E-state index contributed by atoms with van der Waals surface area (Å²) in [6.45, 7) is 3.95. The van der Waals surface area contributed by atoms with Crippen molar-refractivity contribution in [1.82, 2.24) is 10.6 Å². The van der Waals surface area contributed by atoms with Gasteiger partial charge in [-0.05, 0) is 79.8 Å². The van der Waals surface area contributed by atoms with E-state index in [1.165, 1.54) is 0 Å². The minimum absolute atomic E-state index is 0.135. The number of carbonyl (C=O) groups excluding carboxylic acids is 3. The summed E-state index contributed by atoms with van der Waals surface area (Å²) in [5, 5.41) is 8.20. The number of benzene rings is 4. The normalized spacial score (nSPS) is 14.6. The number of para-hydroxylation sites is 2. The maximum absolute atomic E-state index is 13.8. The first kappa shape index (κ1) is 31.3. The molecule has 1 aliphatic rings. The van der Waals surface area contributed by atoms with Crippen molar-refractivity contribution >= 4 is 29.2 Å². The number of nitrogens with zero attached hydrogens (tertiary/aromatic N) is 1. The fourth-order valence-electron chi connectivity index (χ4n) is 5.37. The number of rotatable bonds is 9. The van der Waals surface area contributed by atoms with Gasteiger partial charge in [0.05, 0.1) is 6.54 Å². The largest absolute Gasteiger partial charge is 0.457 e. The molecule has 45 heavy (non-hydrogen) atoms. The first-order valence-corrected chi connectivity index (χ1v) is 15.0. The van der Waals surface area contributed by atoms with E-state index in [1.807, 2.05) is 72.8 Å². The number of ether oxygens (including phenoxy) is 1. The second kappa shape index (κ2) is 13.7. The number of urea groups is 1. The smallest absolute Gasteiger partial charge is 0.318 e. The molecule has 1 aliphatic heterocycles. The van der Waals surface area contributed by atoms with Crippen LogP contribution in [-0.4, -0.2) is 36.5 Å². The Hall–Kier alpha value is -5.15. The fraction of sp³-hybridized carbons (Fsp3) is 0.250. The summed E-state index contributed by atoms with van der Waals surface area (Å²) in [5.74, 6) is 0.959. The van der Waals surface area contributed by atoms with Crippen LogP contribution in [0.3, 0.4) is 0 Å². The SMILES string of the molecule is CNC(=O)Nc1ccc(Oc2ccccc2-c2ccc(CN3C(=O)[C@H](NC(=O)CC(C)(C)N)CCc4ccccc43)cc2)cc1. The molecule has 0 spiro atoms. The summed E-state index contributed by atoms with van der Waals surface area (Å²) < 4.78 is 6.22. The van der Waals surface area contributed by atoms with E-state index in [9.17, 15) is 14.4 Å². The van der Waals surface area contributed by atoms with E-state index in [0.717, 1.165) is 27.9 Å². The second-order valence-electron chi connectivity index (χ2n) is 11.9. The zero-order chi connectivity index (χ0) is 32.0. The third kappa shape index (κ3) is 8.07. The average molecular weight is 606 g/mol. The van der Waals surface area contributed by atoms with Crippen molar-refractivity contribution < 1.29 is 19.1 Å². The number of carbonyl (C=O) groups is 3. The third-order valence-electron chi connectivity index (χ3n) is 7.56. The Bertz CT molecular complexity index is 1660. The van der Waals surface area contributed by atoms with Gasteiger partial charge in [0.2, 0.25) is 11.8 Å². The van der Waals surface area contributed by atoms with Crippen LogP contribution < -0.4 is 31.3 Å². The Balaban J connectivity index is 1.33. The molecule has 0 unspecified atom stereocenters. The topological polar surface area (TPSA) is 126 Å². The van der Waals surface area contributed by atoms with Crippen molar-refractivity contribution in [2.45, 2.75) is 51.2 Å². The molecule has 0 saturated carbocycles. The standard InChI is InChI=1S/C36H39N5O4/c1-36(2,37)22-33(42)40-30-21-16-26-8-4-6-10-31(26)41(34(30)43)23-24-12-14-25(15-13-24)29-9-5-7-11-32(29)45-28-19-17-27(18-20-28)39-35(44)38-3/h4-15,17-20,30H,16,21-23,37H2,1-3H3,(H,40,42)(H2,38,39,44)/t30-/m1/s1. The van der Waals surface area contributed by atoms with E-state index in [0.29, 0.717) is 36.6 Å². The summed E-state index contributed by atoms with van der Waals surface area (Å²) >= 11 is 0. The van der Waals surface area contributed by atoms with Crippen molar-refractivity contribution in [2.24, 2.45) is 5.73 Å². The number of hydrogen-bond acceptors (Lipinski definition) is 5. The Morgan fingerprint density at radius 1 is 0.933 bits per heavy atom. The number of anilines is 2. The van der Waals surface area contributed by atoms with Crippen LogP contribution in [0.2, 0.25) is 0 Å². The lowest BCUT2D eigenvalue weighted by atomic mass is 10.0. The zero-order valence-electron chi connectivity index (χ0n) is 25.8. The number of hydrogen-bond donors (Lipinski definition) is 4. The highest BCUT2D eigenvalue weighted by Gasteiger charge is 2.32. The fourth-order valence-corrected chi connectivity index (χ4v) is 5.37. The van der Waals surface area contributed by atoms with Crippen molar-refractivity contribution in [2.75, 3.05) is 17.3 Å². The van der Waals surface area contributed by atoms with E-state index < -0.39 is 11.6 Å². The number of nitrogens with one attached hydrogen (secondary N) is 3. The molecule has 0 radical (unpaired) electrons. The van der Waals surface area contributed by atoms with Crippen LogP contribution in [0.5, 0.6) is 11.5 Å². The van der Waals surface area contributed by atoms with Gasteiger partial charge >= 0.3 is 6.03 Å². The van der Waals surface area contributed by atoms with Gasteiger partial charge in [-0.25, -0.2) is 4.79 Å². The van der Waals surface area contributed by atoms with Gasteiger partial charge in [-0.1, -0.05) is 60.7 Å². The summed E-state index contributed by atoms with van der Waals surface area (Å²) in [7, 11) is 1.56. The van der Waals surface area contributed by atoms with E-state index in [4.69, 9.17) is 10.5 Å². The van der Waals surface area contributed by atoms with E-state index in [-0.39, 0.29) is 24.3 Å². The monoisotopic (exact) mass is 605 g/mol. The molecule has 0 aliphatic carbocycles. The molecular formula is C36H39N5O4. The maximum atomic E-state index is 13.8. The number of fused-ring (bicyclic) bond motifs is 1. The first-order chi connectivity index (χ1) is 21.6. The summed E-state index contributed by atoms with van der Waals surface area (Å²) in [4.78, 5) is 39.9. The van der Waals surface area contributed by atoms with Crippen LogP contribution in [0.25, 0.3) is 11.1 Å². The Labute approximate surface area is 263 Å². The number of amides is 4. The first-order valence-electron chi connectivity index (χ1n) is 15.0. The molecule has 1 atom stereocenters. The highest BCUT2D eigenvalue weighted by Crippen LogP contribution is 2.34. The molecule has 5 rings (SSSR count). The number of nitrogens with two attached hydrogens (primary N) is 1. The van der Waals surface area contributed by atoms with Crippen molar-refractivity contribution in [3.8, 4) is 22.6 Å². The van der Waals surface area contributed by atoms with Crippen LogP contribution in [0, 0.1) is 0 Å². The van der Waals surface area contributed by atoms with Gasteiger partial charge in [-0.15, -0.1) is 0 Å². The molecule has 4 amide bonds. The predicted molar refractivity (Wildman–Crippen MR) is 177 cm³/mol. The summed E-state index contributed by atoms with van der Waals surface area (Å²) in [5.41, 5.74) is 10.8. The lowest BCUT2D eigenvalue weighted by Crippen LogP contribution is -2.49. The Morgan fingerprint density at radius 3 is 2.33 bits per heavy atom. The molecule has 9 heteroatoms. The number of aryl methyl sites for hydroxylation is 1. The quantitative estimate of drug-likeness (QED) is 0.187.